The van der Waals surface area contributed by atoms with Crippen molar-refractivity contribution >= 4 is 5.91 Å². The molecule has 3 N–H and O–H groups in total. The predicted octanol–water partition coefficient (Wildman–Crippen LogP) is -0.0001000. The lowest BCUT2D eigenvalue weighted by atomic mass is 9.75. The zero-order chi connectivity index (χ0) is 15.6. The van der Waals surface area contributed by atoms with Crippen LogP contribution in [0.5, 0.6) is 0 Å². The number of hydrogen-bond acceptors (Lipinski definition) is 4. The van der Waals surface area contributed by atoms with Gasteiger partial charge in [-0.05, 0) is 25.5 Å². The first-order valence-corrected chi connectivity index (χ1v) is 8.00. The average Bonchev–Trinajstić information content (AvgIpc) is 2.83. The SMILES string of the molecule is CN1C[C@H](NC(=O)C2(Cc3ccccc3)CNC2)C[C@H]1CO. The molecule has 5 heteroatoms. The van der Waals surface area contributed by atoms with E-state index in [2.05, 4.69) is 27.7 Å². The molecule has 2 atom stereocenters. The summed E-state index contributed by atoms with van der Waals surface area (Å²) in [6, 6.07) is 10.5. The van der Waals surface area contributed by atoms with E-state index in [0.29, 0.717) is 0 Å². The van der Waals surface area contributed by atoms with Crippen LogP contribution in [0.25, 0.3) is 0 Å². The van der Waals surface area contributed by atoms with Crippen molar-refractivity contribution < 1.29 is 9.90 Å². The van der Waals surface area contributed by atoms with Crippen molar-refractivity contribution in [2.24, 2.45) is 5.41 Å². The quantitative estimate of drug-likeness (QED) is 0.716. The Morgan fingerprint density at radius 3 is 2.68 bits per heavy atom. The summed E-state index contributed by atoms with van der Waals surface area (Å²) in [5.74, 6) is 0.145. The molecule has 0 aliphatic carbocycles. The molecule has 3 rings (SSSR count). The van der Waals surface area contributed by atoms with Crippen molar-refractivity contribution in [2.75, 3.05) is 33.3 Å². The Labute approximate surface area is 131 Å². The van der Waals surface area contributed by atoms with E-state index >= 15 is 0 Å². The van der Waals surface area contributed by atoms with Crippen LogP contribution in [0.4, 0.5) is 0 Å². The minimum Gasteiger partial charge on any atom is -0.395 e. The van der Waals surface area contributed by atoms with Crippen LogP contribution in [0.15, 0.2) is 30.3 Å². The third-order valence-corrected chi connectivity index (χ3v) is 5.03. The highest BCUT2D eigenvalue weighted by atomic mass is 16.3. The van der Waals surface area contributed by atoms with Crippen LogP contribution >= 0.6 is 0 Å². The molecule has 2 aliphatic rings. The highest BCUT2D eigenvalue weighted by Crippen LogP contribution is 2.29. The lowest BCUT2D eigenvalue weighted by molar-refractivity contribution is -0.134. The monoisotopic (exact) mass is 303 g/mol. The average molecular weight is 303 g/mol. The molecule has 0 aromatic heterocycles. The summed E-state index contributed by atoms with van der Waals surface area (Å²) < 4.78 is 0. The van der Waals surface area contributed by atoms with Gasteiger partial charge in [-0.2, -0.15) is 0 Å². The molecule has 2 heterocycles. The van der Waals surface area contributed by atoms with E-state index in [0.717, 1.165) is 32.5 Å². The number of likely N-dealkylation sites (N-methyl/N-ethyl adjacent to an activating group) is 1. The fourth-order valence-corrected chi connectivity index (χ4v) is 3.52. The maximum Gasteiger partial charge on any atom is 0.229 e. The predicted molar refractivity (Wildman–Crippen MR) is 85.5 cm³/mol. The van der Waals surface area contributed by atoms with E-state index < -0.39 is 0 Å². The van der Waals surface area contributed by atoms with E-state index in [4.69, 9.17) is 0 Å². The summed E-state index contributed by atoms with van der Waals surface area (Å²) in [7, 11) is 2.00. The zero-order valence-electron chi connectivity index (χ0n) is 13.1. The van der Waals surface area contributed by atoms with E-state index in [1.54, 1.807) is 0 Å². The summed E-state index contributed by atoms with van der Waals surface area (Å²) in [4.78, 5) is 14.9. The number of amides is 1. The summed E-state index contributed by atoms with van der Waals surface area (Å²) in [5.41, 5.74) is 0.882. The second-order valence-electron chi connectivity index (χ2n) is 6.73. The Morgan fingerprint density at radius 2 is 2.14 bits per heavy atom. The second-order valence-corrected chi connectivity index (χ2v) is 6.73. The van der Waals surface area contributed by atoms with Gasteiger partial charge in [0.05, 0.1) is 12.0 Å². The van der Waals surface area contributed by atoms with Crippen LogP contribution in [0.1, 0.15) is 12.0 Å². The number of aliphatic hydroxyl groups excluding tert-OH is 1. The van der Waals surface area contributed by atoms with Gasteiger partial charge in [-0.15, -0.1) is 0 Å². The summed E-state index contributed by atoms with van der Waals surface area (Å²) in [6.45, 7) is 2.44. The van der Waals surface area contributed by atoms with E-state index in [9.17, 15) is 9.90 Å². The Morgan fingerprint density at radius 1 is 1.41 bits per heavy atom. The number of nitrogens with one attached hydrogen (secondary N) is 2. The van der Waals surface area contributed by atoms with Crippen LogP contribution in [-0.2, 0) is 11.2 Å². The third-order valence-electron chi connectivity index (χ3n) is 5.03. The standard InChI is InChI=1S/C17H25N3O2/c1-20-9-14(7-15(20)10-21)19-16(22)17(11-18-12-17)8-13-5-3-2-4-6-13/h2-6,14-15,18,21H,7-12H2,1H3,(H,19,22)/t14-,15+/m1/s1. The molecule has 0 radical (unpaired) electrons. The molecular weight excluding hydrogens is 278 g/mol. The molecule has 2 fully saturated rings. The number of hydrogen-bond donors (Lipinski definition) is 3. The van der Waals surface area contributed by atoms with Gasteiger partial charge in [-0.1, -0.05) is 30.3 Å². The highest BCUT2D eigenvalue weighted by molar-refractivity contribution is 5.85. The molecule has 0 saturated carbocycles. The molecule has 0 spiro atoms. The third kappa shape index (κ3) is 3.02. The maximum atomic E-state index is 12.8. The van der Waals surface area contributed by atoms with E-state index in [1.807, 2.05) is 25.2 Å². The van der Waals surface area contributed by atoms with Crippen LogP contribution in [0, 0.1) is 5.41 Å². The molecule has 1 aromatic rings. The Balaban J connectivity index is 1.63. The first-order valence-electron chi connectivity index (χ1n) is 8.00. The lowest BCUT2D eigenvalue weighted by Gasteiger charge is -2.42. The molecule has 5 nitrogen and oxygen atoms in total. The molecule has 0 bridgehead atoms. The van der Waals surface area contributed by atoms with Gasteiger partial charge >= 0.3 is 0 Å². The first kappa shape index (κ1) is 15.5. The number of aliphatic hydroxyl groups is 1. The number of nitrogens with zero attached hydrogens (tertiary/aromatic N) is 1. The highest BCUT2D eigenvalue weighted by Gasteiger charge is 2.45. The Kier molecular flexibility index (Phi) is 4.47. The molecule has 1 amide bonds. The summed E-state index contributed by atoms with van der Waals surface area (Å²) in [6.07, 6.45) is 1.60. The molecule has 22 heavy (non-hydrogen) atoms. The van der Waals surface area contributed by atoms with Crippen LogP contribution < -0.4 is 10.6 Å². The lowest BCUT2D eigenvalue weighted by Crippen LogP contribution is -2.63. The number of rotatable bonds is 5. The first-order chi connectivity index (χ1) is 10.6. The van der Waals surface area contributed by atoms with Crippen molar-refractivity contribution in [1.82, 2.24) is 15.5 Å². The minimum absolute atomic E-state index is 0.142. The Hall–Kier alpha value is -1.43. The van der Waals surface area contributed by atoms with Gasteiger partial charge in [-0.25, -0.2) is 0 Å². The van der Waals surface area contributed by atoms with Crippen molar-refractivity contribution in [3.8, 4) is 0 Å². The van der Waals surface area contributed by atoms with Gasteiger partial charge in [0.15, 0.2) is 0 Å². The van der Waals surface area contributed by atoms with Crippen molar-refractivity contribution in [3.05, 3.63) is 35.9 Å². The summed E-state index contributed by atoms with van der Waals surface area (Å²) >= 11 is 0. The number of carbonyl (C=O) groups excluding carboxylic acids is 1. The number of likely N-dealkylation sites (tertiary alicyclic amines) is 1. The van der Waals surface area contributed by atoms with Gasteiger partial charge in [0.2, 0.25) is 5.91 Å². The van der Waals surface area contributed by atoms with E-state index in [1.165, 1.54) is 5.56 Å². The number of carbonyl (C=O) groups is 1. The zero-order valence-corrected chi connectivity index (χ0v) is 13.1. The van der Waals surface area contributed by atoms with Gasteiger partial charge < -0.3 is 15.7 Å². The molecule has 2 aliphatic heterocycles. The molecule has 1 aromatic carbocycles. The smallest absolute Gasteiger partial charge is 0.229 e. The fourth-order valence-electron chi connectivity index (χ4n) is 3.52. The normalized spacial score (nSPS) is 27.4. The minimum atomic E-state index is -0.322. The largest absolute Gasteiger partial charge is 0.395 e. The van der Waals surface area contributed by atoms with Crippen LogP contribution in [0.2, 0.25) is 0 Å². The van der Waals surface area contributed by atoms with Crippen molar-refractivity contribution in [1.29, 1.82) is 0 Å². The molecular formula is C17H25N3O2. The second kappa shape index (κ2) is 6.36. The van der Waals surface area contributed by atoms with Gasteiger partial charge in [0, 0.05) is 31.7 Å². The van der Waals surface area contributed by atoms with Crippen molar-refractivity contribution in [2.45, 2.75) is 24.9 Å². The van der Waals surface area contributed by atoms with E-state index in [-0.39, 0.29) is 30.0 Å². The molecule has 0 unspecified atom stereocenters. The van der Waals surface area contributed by atoms with Gasteiger partial charge in [-0.3, -0.25) is 9.69 Å². The molecule has 120 valence electrons. The van der Waals surface area contributed by atoms with Gasteiger partial charge in [0.25, 0.3) is 0 Å². The Bertz CT molecular complexity index is 516. The van der Waals surface area contributed by atoms with Crippen LogP contribution in [0.3, 0.4) is 0 Å². The topological polar surface area (TPSA) is 64.6 Å². The molecule has 2 saturated heterocycles. The maximum absolute atomic E-state index is 12.8. The fraction of sp³-hybridized carbons (Fsp3) is 0.588. The van der Waals surface area contributed by atoms with Gasteiger partial charge in [0.1, 0.15) is 0 Å². The number of benzene rings is 1. The summed E-state index contributed by atoms with van der Waals surface area (Å²) in [5, 5.41) is 15.8. The van der Waals surface area contributed by atoms with Crippen LogP contribution in [-0.4, -0.2) is 61.3 Å². The van der Waals surface area contributed by atoms with Crippen molar-refractivity contribution in [3.63, 3.8) is 0 Å².